The fourth-order valence-electron chi connectivity index (χ4n) is 0.555. The minimum atomic E-state index is -1.88. The molecule has 0 spiro atoms. The van der Waals surface area contributed by atoms with Crippen LogP contribution in [-0.4, -0.2) is 52.3 Å². The second-order valence-corrected chi connectivity index (χ2v) is 4.20. The zero-order chi connectivity index (χ0) is 16.3. The van der Waals surface area contributed by atoms with Crippen LogP contribution in [0.3, 0.4) is 0 Å². The minimum Gasteiger partial charge on any atom is -0.478 e. The molecule has 0 rings (SSSR count). The summed E-state index contributed by atoms with van der Waals surface area (Å²) in [6.45, 7) is 5.28. The summed E-state index contributed by atoms with van der Waals surface area (Å²) in [7, 11) is 0. The molecule has 1 atom stereocenters. The highest BCUT2D eigenvalue weighted by Gasteiger charge is 2.26. The Hall–Kier alpha value is -1.31. The van der Waals surface area contributed by atoms with Gasteiger partial charge in [-0.25, -0.2) is 4.79 Å². The van der Waals surface area contributed by atoms with Crippen LogP contribution in [0.25, 0.3) is 0 Å². The van der Waals surface area contributed by atoms with Gasteiger partial charge in [0.25, 0.3) is 0 Å². The Labute approximate surface area is 126 Å². The van der Waals surface area contributed by atoms with E-state index >= 15 is 0 Å². The molecule has 0 aliphatic rings. The molecule has 1 unspecified atom stereocenters. The number of rotatable bonds is 6. The van der Waals surface area contributed by atoms with Crippen molar-refractivity contribution in [3.05, 3.63) is 12.2 Å². The molecule has 0 bridgehead atoms. The van der Waals surface area contributed by atoms with E-state index in [0.29, 0.717) is 0 Å². The van der Waals surface area contributed by atoms with Crippen molar-refractivity contribution < 1.29 is 34.1 Å². The predicted octanol–water partition coefficient (Wildman–Crippen LogP) is 0.906. The minimum absolute atomic E-state index is 0.176. The molecule has 0 saturated heterocycles. The van der Waals surface area contributed by atoms with Gasteiger partial charge in [-0.3, -0.25) is 9.59 Å². The number of aliphatic hydroxyl groups is 1. The first-order chi connectivity index (χ1) is 9.05. The Morgan fingerprint density at radius 1 is 1.20 bits per heavy atom. The average Bonchev–Trinajstić information content (AvgIpc) is 2.35. The molecule has 0 aromatic carbocycles. The van der Waals surface area contributed by atoms with Crippen molar-refractivity contribution in [1.82, 2.24) is 0 Å². The number of aliphatic carboxylic acids is 1. The topological polar surface area (TPSA) is 110 Å². The zero-order valence-electron chi connectivity index (χ0n) is 11.0. The van der Waals surface area contributed by atoms with Gasteiger partial charge in [-0.1, -0.05) is 6.58 Å². The largest absolute Gasteiger partial charge is 0.478 e. The van der Waals surface area contributed by atoms with E-state index in [0.717, 1.165) is 0 Å². The molecule has 7 nitrogen and oxygen atoms in total. The lowest BCUT2D eigenvalue weighted by Gasteiger charge is -2.22. The molecule has 20 heavy (non-hydrogen) atoms. The van der Waals surface area contributed by atoms with E-state index in [1.165, 1.54) is 13.8 Å². The molecule has 2 N–H and O–H groups in total. The molecule has 0 aliphatic carbocycles. The van der Waals surface area contributed by atoms with Crippen molar-refractivity contribution >= 4 is 41.1 Å². The molecule has 0 fully saturated rings. The molecule has 0 aromatic rings. The van der Waals surface area contributed by atoms with Crippen LogP contribution in [-0.2, 0) is 23.9 Å². The van der Waals surface area contributed by atoms with E-state index in [-0.39, 0.29) is 17.3 Å². The maximum atomic E-state index is 10.7. The summed E-state index contributed by atoms with van der Waals surface area (Å²) in [5.74, 6) is -5.06. The van der Waals surface area contributed by atoms with Crippen LogP contribution in [0, 0.1) is 0 Å². The lowest BCUT2D eigenvalue weighted by atomic mass is 10.3. The SMILES string of the molecule is C=C(C)C(=O)O.CC(O)(COC(=O)CCl)OC(=O)CCl. The van der Waals surface area contributed by atoms with Gasteiger partial charge < -0.3 is 19.7 Å². The van der Waals surface area contributed by atoms with E-state index in [1.54, 1.807) is 0 Å². The predicted molar refractivity (Wildman–Crippen MR) is 71.6 cm³/mol. The molecule has 0 amide bonds. The number of carbonyl (C=O) groups excluding carboxylic acids is 2. The molecular weight excluding hydrogens is 315 g/mol. The number of halogens is 2. The van der Waals surface area contributed by atoms with Gasteiger partial charge in [-0.2, -0.15) is 0 Å². The van der Waals surface area contributed by atoms with Crippen LogP contribution in [0.4, 0.5) is 0 Å². The number of alkyl halides is 2. The van der Waals surface area contributed by atoms with Gasteiger partial charge in [-0.15, -0.1) is 23.2 Å². The first-order valence-electron chi connectivity index (χ1n) is 5.16. The summed E-state index contributed by atoms with van der Waals surface area (Å²) >= 11 is 10.3. The number of carbonyl (C=O) groups is 3. The first kappa shape index (κ1) is 21.0. The third kappa shape index (κ3) is 13.1. The van der Waals surface area contributed by atoms with Crippen molar-refractivity contribution in [3.63, 3.8) is 0 Å². The lowest BCUT2D eigenvalue weighted by Crippen LogP contribution is -2.38. The summed E-state index contributed by atoms with van der Waals surface area (Å²) in [4.78, 5) is 30.8. The van der Waals surface area contributed by atoms with E-state index in [2.05, 4.69) is 16.1 Å². The van der Waals surface area contributed by atoms with Crippen LogP contribution in [0.1, 0.15) is 13.8 Å². The first-order valence-corrected chi connectivity index (χ1v) is 6.23. The summed E-state index contributed by atoms with van der Waals surface area (Å²) in [6, 6.07) is 0. The maximum absolute atomic E-state index is 10.7. The van der Waals surface area contributed by atoms with Gasteiger partial charge in [0.05, 0.1) is 0 Å². The van der Waals surface area contributed by atoms with Crippen LogP contribution < -0.4 is 0 Å². The van der Waals surface area contributed by atoms with Crippen molar-refractivity contribution in [2.24, 2.45) is 0 Å². The van der Waals surface area contributed by atoms with Crippen LogP contribution in [0.5, 0.6) is 0 Å². The fraction of sp³-hybridized carbons (Fsp3) is 0.545. The van der Waals surface area contributed by atoms with Gasteiger partial charge in [-0.05, 0) is 6.92 Å². The molecule has 116 valence electrons. The number of carboxylic acid groups (broad SMARTS) is 1. The highest BCUT2D eigenvalue weighted by Crippen LogP contribution is 2.07. The Morgan fingerprint density at radius 2 is 1.60 bits per heavy atom. The Kier molecular flexibility index (Phi) is 11.0. The highest BCUT2D eigenvalue weighted by atomic mass is 35.5. The van der Waals surface area contributed by atoms with Gasteiger partial charge in [0.2, 0.25) is 5.79 Å². The van der Waals surface area contributed by atoms with Gasteiger partial charge in [0, 0.05) is 12.5 Å². The number of hydrogen-bond donors (Lipinski definition) is 2. The smallest absolute Gasteiger partial charge is 0.330 e. The Morgan fingerprint density at radius 3 is 1.90 bits per heavy atom. The molecular formula is C11H16Cl2O7. The van der Waals surface area contributed by atoms with Gasteiger partial charge >= 0.3 is 17.9 Å². The normalized spacial score (nSPS) is 12.2. The Balaban J connectivity index is 0. The van der Waals surface area contributed by atoms with Gasteiger partial charge in [0.1, 0.15) is 11.8 Å². The molecule has 0 aromatic heterocycles. The summed E-state index contributed by atoms with van der Waals surface area (Å²) in [6.07, 6.45) is 0. The van der Waals surface area contributed by atoms with Crippen LogP contribution in [0.2, 0.25) is 0 Å². The maximum Gasteiger partial charge on any atom is 0.330 e. The van der Waals surface area contributed by atoms with Crippen LogP contribution >= 0.6 is 23.2 Å². The highest BCUT2D eigenvalue weighted by molar-refractivity contribution is 6.26. The van der Waals surface area contributed by atoms with E-state index in [1.807, 2.05) is 0 Å². The van der Waals surface area contributed by atoms with E-state index < -0.39 is 30.3 Å². The number of ether oxygens (including phenoxy) is 2. The molecule has 0 radical (unpaired) electrons. The number of carboxylic acids is 1. The fourth-order valence-corrected chi connectivity index (χ4v) is 0.687. The van der Waals surface area contributed by atoms with Crippen molar-refractivity contribution in [1.29, 1.82) is 0 Å². The van der Waals surface area contributed by atoms with Crippen molar-refractivity contribution in [2.45, 2.75) is 19.6 Å². The van der Waals surface area contributed by atoms with Crippen molar-refractivity contribution in [2.75, 3.05) is 18.4 Å². The van der Waals surface area contributed by atoms with Gasteiger partial charge in [0.15, 0.2) is 6.61 Å². The summed E-state index contributed by atoms with van der Waals surface area (Å²) in [5, 5.41) is 17.2. The molecule has 0 aliphatic heterocycles. The van der Waals surface area contributed by atoms with E-state index in [9.17, 15) is 19.5 Å². The third-order valence-corrected chi connectivity index (χ3v) is 1.85. The number of esters is 2. The van der Waals surface area contributed by atoms with Crippen molar-refractivity contribution in [3.8, 4) is 0 Å². The third-order valence-electron chi connectivity index (χ3n) is 1.42. The second-order valence-electron chi connectivity index (χ2n) is 3.66. The molecule has 9 heteroatoms. The average molecular weight is 331 g/mol. The quantitative estimate of drug-likeness (QED) is 0.322. The monoisotopic (exact) mass is 330 g/mol. The Bertz CT molecular complexity index is 354. The molecule has 0 saturated carbocycles. The zero-order valence-corrected chi connectivity index (χ0v) is 12.5. The lowest BCUT2D eigenvalue weighted by molar-refractivity contribution is -0.218. The second kappa shape index (κ2) is 10.5. The standard InChI is InChI=1S/C7H10Cl2O5.C4H6O2/c1-7(12,14-6(11)3-9)4-13-5(10)2-8;1-3(2)4(5)6/h12H,2-4H2,1H3;1H2,2H3,(H,5,6). The number of hydrogen-bond acceptors (Lipinski definition) is 6. The molecule has 0 heterocycles. The summed E-state index contributed by atoms with van der Waals surface area (Å²) < 4.78 is 8.91. The van der Waals surface area contributed by atoms with Crippen LogP contribution in [0.15, 0.2) is 12.2 Å². The summed E-state index contributed by atoms with van der Waals surface area (Å²) in [5.41, 5.74) is 0.176. The van der Waals surface area contributed by atoms with E-state index in [4.69, 9.17) is 28.3 Å².